The largest absolute Gasteiger partial charge is 0.550 e. The van der Waals surface area contributed by atoms with Crippen LogP contribution in [0.1, 0.15) is 12.8 Å². The van der Waals surface area contributed by atoms with Gasteiger partial charge in [0.2, 0.25) is 11.8 Å². The van der Waals surface area contributed by atoms with Gasteiger partial charge in [0, 0.05) is 23.6 Å². The summed E-state index contributed by atoms with van der Waals surface area (Å²) in [5, 5.41) is 12.9. The molecule has 2 aromatic carbocycles. The Hall–Kier alpha value is -3.15. The van der Waals surface area contributed by atoms with Gasteiger partial charge in [0.1, 0.15) is 5.52 Å². The van der Waals surface area contributed by atoms with Gasteiger partial charge in [-0.2, -0.15) is 0 Å². The molecule has 0 bridgehead atoms. The number of rotatable bonds is 5. The average Bonchev–Trinajstić information content (AvgIpc) is 2.97. The molecule has 1 aromatic heterocycles. The molecule has 0 saturated heterocycles. The summed E-state index contributed by atoms with van der Waals surface area (Å²) in [5.41, 5.74) is 2.85. The first-order chi connectivity index (χ1) is 11.1. The Bertz CT molecular complexity index is 819. The Kier molecular flexibility index (Phi) is 4.05. The molecule has 3 aromatic rings. The fourth-order valence-corrected chi connectivity index (χ4v) is 2.13. The van der Waals surface area contributed by atoms with Crippen LogP contribution < -0.4 is 10.4 Å². The molecule has 0 aliphatic rings. The van der Waals surface area contributed by atoms with E-state index in [-0.39, 0.29) is 18.7 Å². The van der Waals surface area contributed by atoms with Crippen LogP contribution in [0.2, 0.25) is 0 Å². The summed E-state index contributed by atoms with van der Waals surface area (Å²) in [6.07, 6.45) is -0.415. The lowest BCUT2D eigenvalue weighted by molar-refractivity contribution is -0.305. The second-order valence-corrected chi connectivity index (χ2v) is 4.98. The van der Waals surface area contributed by atoms with E-state index < -0.39 is 5.97 Å². The number of benzene rings is 2. The monoisotopic (exact) mass is 309 g/mol. The number of nitrogens with one attached hydrogen (secondary N) is 1. The van der Waals surface area contributed by atoms with Gasteiger partial charge in [0.25, 0.3) is 0 Å². The topological polar surface area (TPSA) is 95.3 Å². The highest BCUT2D eigenvalue weighted by Gasteiger charge is 2.08. The number of anilines is 1. The quantitative estimate of drug-likeness (QED) is 0.777. The van der Waals surface area contributed by atoms with Crippen LogP contribution in [-0.2, 0) is 9.59 Å². The van der Waals surface area contributed by atoms with Crippen molar-refractivity contribution in [1.82, 2.24) is 4.98 Å². The summed E-state index contributed by atoms with van der Waals surface area (Å²) >= 11 is 0. The molecule has 0 spiro atoms. The van der Waals surface area contributed by atoms with Crippen LogP contribution in [0.3, 0.4) is 0 Å². The lowest BCUT2D eigenvalue weighted by atomic mass is 10.2. The van der Waals surface area contributed by atoms with Gasteiger partial charge in [-0.25, -0.2) is 4.98 Å². The lowest BCUT2D eigenvalue weighted by Crippen LogP contribution is -2.24. The van der Waals surface area contributed by atoms with Crippen LogP contribution >= 0.6 is 0 Å². The number of amides is 1. The summed E-state index contributed by atoms with van der Waals surface area (Å²) in [7, 11) is 0. The molecule has 0 radical (unpaired) electrons. The van der Waals surface area contributed by atoms with Crippen LogP contribution in [0.5, 0.6) is 0 Å². The second-order valence-electron chi connectivity index (χ2n) is 4.98. The molecule has 0 aliphatic heterocycles. The number of nitrogens with zero attached hydrogens (tertiary/aromatic N) is 1. The Morgan fingerprint density at radius 3 is 2.48 bits per heavy atom. The van der Waals surface area contributed by atoms with Crippen molar-refractivity contribution in [1.29, 1.82) is 0 Å². The number of carboxylic acids is 1. The number of carboxylic acid groups (broad SMARTS) is 1. The van der Waals surface area contributed by atoms with Gasteiger partial charge in [-0.15, -0.1) is 0 Å². The number of fused-ring (bicyclic) bond motifs is 1. The molecule has 0 atom stereocenters. The second kappa shape index (κ2) is 6.31. The third kappa shape index (κ3) is 3.55. The van der Waals surface area contributed by atoms with E-state index in [0.717, 1.165) is 11.1 Å². The number of aromatic nitrogens is 1. The molecule has 0 unspecified atom stereocenters. The highest BCUT2D eigenvalue weighted by Crippen LogP contribution is 2.25. The van der Waals surface area contributed by atoms with Gasteiger partial charge in [-0.05, 0) is 42.8 Å². The maximum atomic E-state index is 11.6. The molecule has 1 heterocycles. The van der Waals surface area contributed by atoms with Crippen molar-refractivity contribution in [3.8, 4) is 11.5 Å². The van der Waals surface area contributed by atoms with E-state index in [9.17, 15) is 14.7 Å². The first-order valence-corrected chi connectivity index (χ1v) is 7.07. The van der Waals surface area contributed by atoms with Crippen LogP contribution in [0.25, 0.3) is 22.6 Å². The molecule has 0 aliphatic carbocycles. The zero-order valence-electron chi connectivity index (χ0n) is 12.1. The van der Waals surface area contributed by atoms with Crippen molar-refractivity contribution in [3.63, 3.8) is 0 Å². The van der Waals surface area contributed by atoms with E-state index in [1.165, 1.54) is 0 Å². The van der Waals surface area contributed by atoms with E-state index in [2.05, 4.69) is 10.3 Å². The van der Waals surface area contributed by atoms with Gasteiger partial charge in [0.15, 0.2) is 5.58 Å². The summed E-state index contributed by atoms with van der Waals surface area (Å²) < 4.78 is 5.67. The Labute approximate surface area is 131 Å². The Morgan fingerprint density at radius 1 is 1.04 bits per heavy atom. The molecule has 3 rings (SSSR count). The summed E-state index contributed by atoms with van der Waals surface area (Å²) in [6.45, 7) is 0. The fourth-order valence-electron chi connectivity index (χ4n) is 2.13. The minimum atomic E-state index is -1.24. The number of hydrogen-bond acceptors (Lipinski definition) is 5. The van der Waals surface area contributed by atoms with Crippen LogP contribution in [0.15, 0.2) is 52.9 Å². The first kappa shape index (κ1) is 14.8. The average molecular weight is 309 g/mol. The molecule has 116 valence electrons. The highest BCUT2D eigenvalue weighted by molar-refractivity contribution is 5.92. The minimum absolute atomic E-state index is 0.116. The number of carbonyl (C=O) groups is 2. The molecule has 0 saturated carbocycles. The van der Waals surface area contributed by atoms with Crippen LogP contribution in [-0.4, -0.2) is 16.9 Å². The molecule has 6 heteroatoms. The number of oxazole rings is 1. The van der Waals surface area contributed by atoms with E-state index >= 15 is 0 Å². The van der Waals surface area contributed by atoms with Crippen molar-refractivity contribution in [2.24, 2.45) is 0 Å². The molecular weight excluding hydrogens is 296 g/mol. The smallest absolute Gasteiger partial charge is 0.227 e. The summed E-state index contributed by atoms with van der Waals surface area (Å²) in [6, 6.07) is 14.5. The van der Waals surface area contributed by atoms with Gasteiger partial charge in [-0.1, -0.05) is 12.1 Å². The third-order valence-electron chi connectivity index (χ3n) is 3.27. The molecule has 0 fully saturated rings. The lowest BCUT2D eigenvalue weighted by Gasteiger charge is -2.06. The SMILES string of the molecule is O=C([O-])CCC(=O)Nc1ccc(-c2nc3ccccc3o2)cc1. The predicted octanol–water partition coefficient (Wildman–Crippen LogP) is 1.96. The Balaban J connectivity index is 1.71. The minimum Gasteiger partial charge on any atom is -0.550 e. The number of para-hydroxylation sites is 2. The van der Waals surface area contributed by atoms with E-state index in [4.69, 9.17) is 4.42 Å². The van der Waals surface area contributed by atoms with Crippen molar-refractivity contribution in [2.75, 3.05) is 5.32 Å². The molecule has 6 nitrogen and oxygen atoms in total. The van der Waals surface area contributed by atoms with Crippen molar-refractivity contribution in [2.45, 2.75) is 12.8 Å². The zero-order chi connectivity index (χ0) is 16.2. The maximum Gasteiger partial charge on any atom is 0.227 e. The highest BCUT2D eigenvalue weighted by atomic mass is 16.4. The van der Waals surface area contributed by atoms with E-state index in [1.54, 1.807) is 24.3 Å². The van der Waals surface area contributed by atoms with Crippen molar-refractivity contribution >= 4 is 28.7 Å². The molecular formula is C17H13N2O4-. The molecule has 1 amide bonds. The van der Waals surface area contributed by atoms with Crippen LogP contribution in [0.4, 0.5) is 5.69 Å². The van der Waals surface area contributed by atoms with E-state index in [0.29, 0.717) is 17.2 Å². The third-order valence-corrected chi connectivity index (χ3v) is 3.27. The fraction of sp³-hybridized carbons (Fsp3) is 0.118. The van der Waals surface area contributed by atoms with Gasteiger partial charge in [0.05, 0.1) is 0 Å². The van der Waals surface area contributed by atoms with Gasteiger partial charge in [-0.3, -0.25) is 4.79 Å². The molecule has 23 heavy (non-hydrogen) atoms. The van der Waals surface area contributed by atoms with Gasteiger partial charge >= 0.3 is 0 Å². The molecule has 1 N–H and O–H groups in total. The van der Waals surface area contributed by atoms with Gasteiger partial charge < -0.3 is 19.6 Å². The summed E-state index contributed by atoms with van der Waals surface area (Å²) in [4.78, 5) is 26.3. The number of hydrogen-bond donors (Lipinski definition) is 1. The van der Waals surface area contributed by atoms with Crippen molar-refractivity contribution in [3.05, 3.63) is 48.5 Å². The maximum absolute atomic E-state index is 11.6. The van der Waals surface area contributed by atoms with Crippen molar-refractivity contribution < 1.29 is 19.1 Å². The van der Waals surface area contributed by atoms with E-state index in [1.807, 2.05) is 24.3 Å². The van der Waals surface area contributed by atoms with Crippen LogP contribution in [0, 0.1) is 0 Å². The summed E-state index contributed by atoms with van der Waals surface area (Å²) in [5.74, 6) is -1.11. The zero-order valence-corrected chi connectivity index (χ0v) is 12.1. The first-order valence-electron chi connectivity index (χ1n) is 7.07. The standard InChI is InChI=1S/C17H14N2O4/c20-15(9-10-16(21)22)18-12-7-5-11(6-8-12)17-19-13-3-1-2-4-14(13)23-17/h1-8H,9-10H2,(H,18,20)(H,21,22)/p-1. The Morgan fingerprint density at radius 2 is 1.78 bits per heavy atom. The predicted molar refractivity (Wildman–Crippen MR) is 82.3 cm³/mol. The number of carbonyl (C=O) groups excluding carboxylic acids is 2. The normalized spacial score (nSPS) is 10.6. The number of aliphatic carboxylic acids is 1.